The molecular weight excluding hydrogens is 254 g/mol. The Balaban J connectivity index is 5.19. The van der Waals surface area contributed by atoms with Gasteiger partial charge in [0, 0.05) is 0 Å². The summed E-state index contributed by atoms with van der Waals surface area (Å²) >= 11 is 0. The Morgan fingerprint density at radius 1 is 0.833 bits per heavy atom. The average molecular weight is 265 g/mol. The quantitative estimate of drug-likeness (QED) is 0.312. The Morgan fingerprint density at radius 3 is 1.44 bits per heavy atom. The van der Waals surface area contributed by atoms with Crippen LogP contribution in [0.4, 0.5) is 0 Å². The molecule has 2 unspecified atom stereocenters. The number of hydrogen-bond acceptors (Lipinski definition) is 6. The fraction of sp³-hybridized carbons (Fsp3) is 0.500. The number of aliphatic carboxylic acids is 4. The lowest BCUT2D eigenvalue weighted by atomic mass is 10.1. The Labute approximate surface area is 99.7 Å². The molecule has 0 saturated carbocycles. The van der Waals surface area contributed by atoms with E-state index in [-0.39, 0.29) is 0 Å². The van der Waals surface area contributed by atoms with Crippen LogP contribution in [0.5, 0.6) is 0 Å². The normalized spacial score (nSPS) is 13.9. The maximum Gasteiger partial charge on any atom is 0.334 e. The number of carboxylic acid groups (broad SMARTS) is 4. The molecule has 10 nitrogen and oxygen atoms in total. The first-order valence-corrected chi connectivity index (χ1v) is 4.48. The monoisotopic (exact) mass is 265 g/mol. The molecule has 0 radical (unpaired) electrons. The fourth-order valence-electron chi connectivity index (χ4n) is 1.23. The van der Waals surface area contributed by atoms with Crippen molar-refractivity contribution in [2.24, 2.45) is 0 Å². The molecule has 0 spiro atoms. The third-order valence-electron chi connectivity index (χ3n) is 1.88. The number of aliphatic hydroxyl groups excluding tert-OH is 1. The molecule has 0 aliphatic rings. The van der Waals surface area contributed by atoms with Gasteiger partial charge in [-0.05, 0) is 0 Å². The predicted octanol–water partition coefficient (Wildman–Crippen LogP) is -2.64. The zero-order valence-electron chi connectivity index (χ0n) is 8.89. The van der Waals surface area contributed by atoms with Crippen molar-refractivity contribution in [1.82, 2.24) is 4.90 Å². The predicted molar refractivity (Wildman–Crippen MR) is 51.9 cm³/mol. The number of nitrogens with zero attached hydrogens (tertiary/aromatic N) is 1. The largest absolute Gasteiger partial charge is 0.480 e. The van der Waals surface area contributed by atoms with Gasteiger partial charge in [0.2, 0.25) is 0 Å². The van der Waals surface area contributed by atoms with Crippen LogP contribution in [0.3, 0.4) is 0 Å². The van der Waals surface area contributed by atoms with Crippen LogP contribution in [0, 0.1) is 0 Å². The molecule has 5 N–H and O–H groups in total. The van der Waals surface area contributed by atoms with Crippen molar-refractivity contribution in [1.29, 1.82) is 0 Å². The highest BCUT2D eigenvalue weighted by Gasteiger charge is 2.38. The molecule has 2 atom stereocenters. The van der Waals surface area contributed by atoms with Crippen molar-refractivity contribution in [3.63, 3.8) is 0 Å². The fourth-order valence-corrected chi connectivity index (χ4v) is 1.23. The van der Waals surface area contributed by atoms with E-state index in [0.717, 1.165) is 0 Å². The molecule has 0 amide bonds. The third-order valence-corrected chi connectivity index (χ3v) is 1.88. The average Bonchev–Trinajstić information content (AvgIpc) is 2.14. The van der Waals surface area contributed by atoms with E-state index < -0.39 is 49.1 Å². The maximum absolute atomic E-state index is 10.8. The molecule has 0 aromatic carbocycles. The van der Waals surface area contributed by atoms with Crippen molar-refractivity contribution >= 4 is 23.9 Å². The van der Waals surface area contributed by atoms with Crippen molar-refractivity contribution < 1.29 is 44.7 Å². The van der Waals surface area contributed by atoms with Crippen LogP contribution in [0.2, 0.25) is 0 Å². The lowest BCUT2D eigenvalue weighted by Gasteiger charge is -2.27. The molecular formula is C8H11NO9. The summed E-state index contributed by atoms with van der Waals surface area (Å²) in [5.74, 6) is -6.85. The van der Waals surface area contributed by atoms with E-state index in [4.69, 9.17) is 25.5 Å². The molecule has 0 aromatic heterocycles. The van der Waals surface area contributed by atoms with E-state index in [9.17, 15) is 19.2 Å². The molecule has 0 bridgehead atoms. The summed E-state index contributed by atoms with van der Waals surface area (Å²) in [7, 11) is 0. The van der Waals surface area contributed by atoms with E-state index in [2.05, 4.69) is 0 Å². The minimum Gasteiger partial charge on any atom is -0.480 e. The Bertz CT molecular complexity index is 350. The highest BCUT2D eigenvalue weighted by molar-refractivity contribution is 5.85. The van der Waals surface area contributed by atoms with Crippen LogP contribution >= 0.6 is 0 Å². The van der Waals surface area contributed by atoms with E-state index in [1.165, 1.54) is 0 Å². The van der Waals surface area contributed by atoms with Crippen LogP contribution in [-0.4, -0.2) is 79.5 Å². The lowest BCUT2D eigenvalue weighted by molar-refractivity contribution is -0.164. The van der Waals surface area contributed by atoms with Gasteiger partial charge in [0.05, 0.1) is 13.1 Å². The summed E-state index contributed by atoms with van der Waals surface area (Å²) in [6.45, 7) is -2.07. The molecule has 0 aromatic rings. The molecule has 102 valence electrons. The van der Waals surface area contributed by atoms with Gasteiger partial charge in [-0.1, -0.05) is 0 Å². The van der Waals surface area contributed by atoms with Gasteiger partial charge in [-0.25, -0.2) is 4.79 Å². The molecule has 18 heavy (non-hydrogen) atoms. The topological polar surface area (TPSA) is 173 Å². The van der Waals surface area contributed by atoms with Gasteiger partial charge in [-0.15, -0.1) is 0 Å². The number of carboxylic acids is 4. The van der Waals surface area contributed by atoms with Crippen molar-refractivity contribution in [3.8, 4) is 0 Å². The number of rotatable bonds is 8. The van der Waals surface area contributed by atoms with Crippen molar-refractivity contribution in [3.05, 3.63) is 0 Å². The van der Waals surface area contributed by atoms with Gasteiger partial charge < -0.3 is 25.5 Å². The summed E-state index contributed by atoms with van der Waals surface area (Å²) < 4.78 is 0. The molecule has 0 fully saturated rings. The second-order valence-corrected chi connectivity index (χ2v) is 3.26. The second kappa shape index (κ2) is 6.51. The van der Waals surface area contributed by atoms with E-state index >= 15 is 0 Å². The first-order chi connectivity index (χ1) is 8.16. The first-order valence-electron chi connectivity index (χ1n) is 4.48. The van der Waals surface area contributed by atoms with E-state index in [0.29, 0.717) is 4.90 Å². The van der Waals surface area contributed by atoms with Gasteiger partial charge in [-0.2, -0.15) is 0 Å². The number of aliphatic hydroxyl groups is 1. The highest BCUT2D eigenvalue weighted by atomic mass is 16.4. The molecule has 0 aliphatic heterocycles. The molecule has 0 rings (SSSR count). The van der Waals surface area contributed by atoms with Crippen LogP contribution in [0.25, 0.3) is 0 Å². The lowest BCUT2D eigenvalue weighted by Crippen LogP contribution is -2.54. The molecule has 0 saturated heterocycles. The standard InChI is InChI=1S/C8H11NO9/c10-3(11)1-9(2-4(12)13)5(7(15)16)6(14)8(17)18/h5-6,14H,1-2H2,(H,10,11)(H,12,13)(H,15,16)(H,17,18). The molecule has 0 heterocycles. The Hall–Kier alpha value is -2.20. The van der Waals surface area contributed by atoms with Crippen LogP contribution in [-0.2, 0) is 19.2 Å². The van der Waals surface area contributed by atoms with Crippen molar-refractivity contribution in [2.45, 2.75) is 12.1 Å². The van der Waals surface area contributed by atoms with E-state index in [1.807, 2.05) is 0 Å². The van der Waals surface area contributed by atoms with Crippen LogP contribution in [0.15, 0.2) is 0 Å². The minimum atomic E-state index is -2.44. The summed E-state index contributed by atoms with van der Waals surface area (Å²) in [6.07, 6.45) is -2.44. The number of hydrogen-bond donors (Lipinski definition) is 5. The van der Waals surface area contributed by atoms with Crippen LogP contribution in [0.1, 0.15) is 0 Å². The SMILES string of the molecule is O=C(O)CN(CC(=O)O)C(C(=O)O)C(O)C(=O)O. The van der Waals surface area contributed by atoms with E-state index in [1.54, 1.807) is 0 Å². The molecule has 0 aliphatic carbocycles. The van der Waals surface area contributed by atoms with Gasteiger partial charge in [0.25, 0.3) is 0 Å². The smallest absolute Gasteiger partial charge is 0.334 e. The van der Waals surface area contributed by atoms with Gasteiger partial charge in [0.15, 0.2) is 6.10 Å². The second-order valence-electron chi connectivity index (χ2n) is 3.26. The highest BCUT2D eigenvalue weighted by Crippen LogP contribution is 2.06. The van der Waals surface area contributed by atoms with Gasteiger partial charge in [0.1, 0.15) is 6.04 Å². The van der Waals surface area contributed by atoms with Crippen molar-refractivity contribution in [2.75, 3.05) is 13.1 Å². The Kier molecular flexibility index (Phi) is 5.72. The van der Waals surface area contributed by atoms with Gasteiger partial charge >= 0.3 is 23.9 Å². The van der Waals surface area contributed by atoms with Crippen LogP contribution < -0.4 is 0 Å². The maximum atomic E-state index is 10.8. The minimum absolute atomic E-state index is 0.325. The number of carbonyl (C=O) groups is 4. The summed E-state index contributed by atoms with van der Waals surface area (Å²) in [5, 5.41) is 43.3. The third kappa shape index (κ3) is 4.76. The van der Waals surface area contributed by atoms with Gasteiger partial charge in [-0.3, -0.25) is 19.3 Å². The summed E-state index contributed by atoms with van der Waals surface area (Å²) in [5.41, 5.74) is 0. The Morgan fingerprint density at radius 2 is 1.22 bits per heavy atom. The summed E-state index contributed by atoms with van der Waals surface area (Å²) in [6, 6.07) is -2.17. The summed E-state index contributed by atoms with van der Waals surface area (Å²) in [4.78, 5) is 42.5. The zero-order chi connectivity index (χ0) is 14.5. The zero-order valence-corrected chi connectivity index (χ0v) is 8.89. The first kappa shape index (κ1) is 15.8. The molecule has 10 heteroatoms.